The second-order valence-electron chi connectivity index (χ2n) is 3.52. The Morgan fingerprint density at radius 1 is 1.36 bits per heavy atom. The van der Waals surface area contributed by atoms with Crippen molar-refractivity contribution in [3.05, 3.63) is 35.4 Å². The first-order chi connectivity index (χ1) is 6.76. The van der Waals surface area contributed by atoms with Crippen molar-refractivity contribution in [3.8, 4) is 0 Å². The SMILES string of the molecule is CCC(O)Cc1cccc(COC)c1. The normalized spacial score (nSPS) is 12.8. The van der Waals surface area contributed by atoms with Gasteiger partial charge in [0.1, 0.15) is 0 Å². The number of ether oxygens (including phenoxy) is 1. The number of aliphatic hydroxyl groups excluding tert-OH is 1. The molecule has 1 unspecified atom stereocenters. The fourth-order valence-electron chi connectivity index (χ4n) is 1.43. The molecule has 2 nitrogen and oxygen atoms in total. The number of hydrogen-bond acceptors (Lipinski definition) is 2. The molecule has 1 aromatic rings. The molecule has 0 aliphatic carbocycles. The molecule has 14 heavy (non-hydrogen) atoms. The maximum absolute atomic E-state index is 9.50. The van der Waals surface area contributed by atoms with Crippen LogP contribution in [0.5, 0.6) is 0 Å². The summed E-state index contributed by atoms with van der Waals surface area (Å²) in [7, 11) is 1.69. The topological polar surface area (TPSA) is 29.5 Å². The number of hydrogen-bond donors (Lipinski definition) is 1. The number of aliphatic hydroxyl groups is 1. The fraction of sp³-hybridized carbons (Fsp3) is 0.500. The standard InChI is InChI=1S/C12H18O2/c1-3-12(13)8-10-5-4-6-11(7-10)9-14-2/h4-7,12-13H,3,8-9H2,1-2H3. The van der Waals surface area contributed by atoms with Crippen LogP contribution in [0.15, 0.2) is 24.3 Å². The zero-order valence-corrected chi connectivity index (χ0v) is 8.86. The first kappa shape index (κ1) is 11.2. The summed E-state index contributed by atoms with van der Waals surface area (Å²) in [4.78, 5) is 0. The first-order valence-corrected chi connectivity index (χ1v) is 5.01. The third-order valence-corrected chi connectivity index (χ3v) is 2.24. The average molecular weight is 194 g/mol. The molecule has 1 atom stereocenters. The van der Waals surface area contributed by atoms with Gasteiger partial charge in [-0.2, -0.15) is 0 Å². The lowest BCUT2D eigenvalue weighted by Gasteiger charge is -2.08. The molecule has 78 valence electrons. The van der Waals surface area contributed by atoms with Crippen molar-refractivity contribution < 1.29 is 9.84 Å². The van der Waals surface area contributed by atoms with E-state index in [0.29, 0.717) is 6.61 Å². The summed E-state index contributed by atoms with van der Waals surface area (Å²) in [5, 5.41) is 9.50. The molecule has 0 heterocycles. The Balaban J connectivity index is 2.63. The summed E-state index contributed by atoms with van der Waals surface area (Å²) in [5.74, 6) is 0. The van der Waals surface area contributed by atoms with Crippen LogP contribution in [0.3, 0.4) is 0 Å². The van der Waals surface area contributed by atoms with Gasteiger partial charge in [-0.1, -0.05) is 31.2 Å². The summed E-state index contributed by atoms with van der Waals surface area (Å²) in [5.41, 5.74) is 2.34. The highest BCUT2D eigenvalue weighted by Crippen LogP contribution is 2.09. The van der Waals surface area contributed by atoms with Gasteiger partial charge in [-0.05, 0) is 24.0 Å². The van der Waals surface area contributed by atoms with Crippen molar-refractivity contribution in [1.82, 2.24) is 0 Å². The van der Waals surface area contributed by atoms with E-state index in [-0.39, 0.29) is 6.10 Å². The lowest BCUT2D eigenvalue weighted by molar-refractivity contribution is 0.170. The Morgan fingerprint density at radius 3 is 2.71 bits per heavy atom. The van der Waals surface area contributed by atoms with Crippen LogP contribution in [0.1, 0.15) is 24.5 Å². The zero-order valence-electron chi connectivity index (χ0n) is 8.86. The average Bonchev–Trinajstić information content (AvgIpc) is 2.19. The van der Waals surface area contributed by atoms with E-state index in [0.717, 1.165) is 18.4 Å². The van der Waals surface area contributed by atoms with Crippen molar-refractivity contribution in [2.75, 3.05) is 7.11 Å². The van der Waals surface area contributed by atoms with Crippen LogP contribution in [-0.4, -0.2) is 18.3 Å². The van der Waals surface area contributed by atoms with E-state index < -0.39 is 0 Å². The van der Waals surface area contributed by atoms with Crippen LogP contribution in [0.2, 0.25) is 0 Å². The molecule has 0 saturated heterocycles. The lowest BCUT2D eigenvalue weighted by atomic mass is 10.0. The molecular weight excluding hydrogens is 176 g/mol. The predicted octanol–water partition coefficient (Wildman–Crippen LogP) is 2.15. The van der Waals surface area contributed by atoms with E-state index in [2.05, 4.69) is 6.07 Å². The predicted molar refractivity (Wildman–Crippen MR) is 57.2 cm³/mol. The maximum Gasteiger partial charge on any atom is 0.0713 e. The van der Waals surface area contributed by atoms with Gasteiger partial charge in [0.05, 0.1) is 12.7 Å². The number of methoxy groups -OCH3 is 1. The molecule has 2 heteroatoms. The van der Waals surface area contributed by atoms with E-state index in [1.807, 2.05) is 25.1 Å². The van der Waals surface area contributed by atoms with Gasteiger partial charge in [0.15, 0.2) is 0 Å². The minimum Gasteiger partial charge on any atom is -0.393 e. The highest BCUT2D eigenvalue weighted by Gasteiger charge is 2.02. The maximum atomic E-state index is 9.50. The van der Waals surface area contributed by atoms with Crippen LogP contribution in [0.25, 0.3) is 0 Å². The van der Waals surface area contributed by atoms with Crippen LogP contribution >= 0.6 is 0 Å². The minimum absolute atomic E-state index is 0.229. The second kappa shape index (κ2) is 5.78. The number of benzene rings is 1. The smallest absolute Gasteiger partial charge is 0.0713 e. The Morgan fingerprint density at radius 2 is 2.07 bits per heavy atom. The fourth-order valence-corrected chi connectivity index (χ4v) is 1.43. The van der Waals surface area contributed by atoms with Gasteiger partial charge in [0.2, 0.25) is 0 Å². The molecule has 0 aromatic heterocycles. The quantitative estimate of drug-likeness (QED) is 0.778. The van der Waals surface area contributed by atoms with Crippen LogP contribution in [0.4, 0.5) is 0 Å². The Hall–Kier alpha value is -0.860. The van der Waals surface area contributed by atoms with E-state index in [1.54, 1.807) is 7.11 Å². The van der Waals surface area contributed by atoms with Gasteiger partial charge in [-0.3, -0.25) is 0 Å². The Labute approximate surface area is 85.5 Å². The summed E-state index contributed by atoms with van der Waals surface area (Å²) < 4.78 is 5.05. The molecule has 0 amide bonds. The summed E-state index contributed by atoms with van der Waals surface area (Å²) >= 11 is 0. The zero-order chi connectivity index (χ0) is 10.4. The molecule has 0 aliphatic heterocycles. The second-order valence-corrected chi connectivity index (χ2v) is 3.52. The van der Waals surface area contributed by atoms with Crippen LogP contribution in [0, 0.1) is 0 Å². The highest BCUT2D eigenvalue weighted by atomic mass is 16.5. The largest absolute Gasteiger partial charge is 0.393 e. The van der Waals surface area contributed by atoms with Gasteiger partial charge in [-0.25, -0.2) is 0 Å². The van der Waals surface area contributed by atoms with Crippen molar-refractivity contribution in [2.45, 2.75) is 32.5 Å². The van der Waals surface area contributed by atoms with E-state index in [1.165, 1.54) is 5.56 Å². The summed E-state index contributed by atoms with van der Waals surface area (Å²) in [6, 6.07) is 8.16. The minimum atomic E-state index is -0.229. The molecular formula is C12H18O2. The van der Waals surface area contributed by atoms with Crippen molar-refractivity contribution in [2.24, 2.45) is 0 Å². The molecule has 1 rings (SSSR count). The van der Waals surface area contributed by atoms with E-state index >= 15 is 0 Å². The van der Waals surface area contributed by atoms with Crippen molar-refractivity contribution in [3.63, 3.8) is 0 Å². The Kier molecular flexibility index (Phi) is 4.63. The monoisotopic (exact) mass is 194 g/mol. The van der Waals surface area contributed by atoms with Gasteiger partial charge in [-0.15, -0.1) is 0 Å². The number of rotatable bonds is 5. The Bertz CT molecular complexity index is 271. The van der Waals surface area contributed by atoms with Gasteiger partial charge in [0, 0.05) is 7.11 Å². The molecule has 0 spiro atoms. The van der Waals surface area contributed by atoms with Crippen LogP contribution in [-0.2, 0) is 17.8 Å². The first-order valence-electron chi connectivity index (χ1n) is 5.01. The lowest BCUT2D eigenvalue weighted by Crippen LogP contribution is -2.08. The molecule has 1 N–H and O–H groups in total. The molecule has 0 aliphatic rings. The molecule has 0 radical (unpaired) electrons. The van der Waals surface area contributed by atoms with E-state index in [9.17, 15) is 5.11 Å². The highest BCUT2D eigenvalue weighted by molar-refractivity contribution is 5.23. The van der Waals surface area contributed by atoms with Gasteiger partial charge < -0.3 is 9.84 Å². The third kappa shape index (κ3) is 3.48. The third-order valence-electron chi connectivity index (χ3n) is 2.24. The van der Waals surface area contributed by atoms with Crippen LogP contribution < -0.4 is 0 Å². The molecule has 0 fully saturated rings. The van der Waals surface area contributed by atoms with E-state index in [4.69, 9.17) is 4.74 Å². The van der Waals surface area contributed by atoms with Crippen molar-refractivity contribution in [1.29, 1.82) is 0 Å². The summed E-state index contributed by atoms with van der Waals surface area (Å²) in [6.07, 6.45) is 1.30. The molecule has 1 aromatic carbocycles. The van der Waals surface area contributed by atoms with Crippen molar-refractivity contribution >= 4 is 0 Å². The van der Waals surface area contributed by atoms with Gasteiger partial charge >= 0.3 is 0 Å². The van der Waals surface area contributed by atoms with Gasteiger partial charge in [0.25, 0.3) is 0 Å². The summed E-state index contributed by atoms with van der Waals surface area (Å²) in [6.45, 7) is 2.62. The molecule has 0 bridgehead atoms. The molecule has 0 saturated carbocycles.